The van der Waals surface area contributed by atoms with Crippen molar-refractivity contribution in [3.05, 3.63) is 23.3 Å². The van der Waals surface area contributed by atoms with Crippen LogP contribution in [0.5, 0.6) is 11.5 Å². The lowest BCUT2D eigenvalue weighted by Crippen LogP contribution is -2.40. The van der Waals surface area contributed by atoms with Crippen LogP contribution in [0.3, 0.4) is 0 Å². The third kappa shape index (κ3) is 2.99. The highest BCUT2D eigenvalue weighted by Gasteiger charge is 2.62. The summed E-state index contributed by atoms with van der Waals surface area (Å²) in [6, 6.07) is 4.20. The Kier molecular flexibility index (Phi) is 4.65. The maximum atomic E-state index is 12.5. The Hall–Kier alpha value is -1.75. The molecule has 5 nitrogen and oxygen atoms in total. The van der Waals surface area contributed by atoms with E-state index in [1.807, 2.05) is 6.07 Å². The first-order valence-electron chi connectivity index (χ1n) is 10.4. The Bertz CT molecular complexity index is 784. The molecule has 2 heterocycles. The number of esters is 1. The van der Waals surface area contributed by atoms with Crippen molar-refractivity contribution in [3.8, 4) is 11.5 Å². The standard InChI is InChI=1S/C23H33NO4/c1-14-17(27-19(25)12-22(2,3)4)11-18-23(14)9-10-24(5)13-15-7-8-16(26-6)21(28-18)20(15)23/h7-8,14,17-18H,9-13H2,1-6H3/t14?,17-,18?,23-/m1/s1. The van der Waals surface area contributed by atoms with Crippen LogP contribution in [-0.2, 0) is 21.5 Å². The summed E-state index contributed by atoms with van der Waals surface area (Å²) >= 11 is 0. The highest BCUT2D eigenvalue weighted by molar-refractivity contribution is 5.70. The fourth-order valence-electron chi connectivity index (χ4n) is 5.51. The van der Waals surface area contributed by atoms with Crippen LogP contribution in [0.15, 0.2) is 12.1 Å². The van der Waals surface area contributed by atoms with Gasteiger partial charge in [0.2, 0.25) is 0 Å². The molecular weight excluding hydrogens is 354 g/mol. The predicted octanol–water partition coefficient (Wildman–Crippen LogP) is 3.92. The summed E-state index contributed by atoms with van der Waals surface area (Å²) in [7, 11) is 3.87. The van der Waals surface area contributed by atoms with Crippen LogP contribution < -0.4 is 9.47 Å². The minimum absolute atomic E-state index is 0.0338. The summed E-state index contributed by atoms with van der Waals surface area (Å²) in [5.41, 5.74) is 2.42. The topological polar surface area (TPSA) is 48.0 Å². The van der Waals surface area contributed by atoms with Crippen LogP contribution in [0.4, 0.5) is 0 Å². The van der Waals surface area contributed by atoms with Gasteiger partial charge in [-0.15, -0.1) is 0 Å². The fourth-order valence-corrected chi connectivity index (χ4v) is 5.51. The molecule has 0 aromatic heterocycles. The van der Waals surface area contributed by atoms with Gasteiger partial charge < -0.3 is 19.1 Å². The van der Waals surface area contributed by atoms with E-state index >= 15 is 0 Å². The Balaban J connectivity index is 1.70. The van der Waals surface area contributed by atoms with Crippen molar-refractivity contribution < 1.29 is 19.0 Å². The number of hydrogen-bond donors (Lipinski definition) is 0. The molecule has 154 valence electrons. The largest absolute Gasteiger partial charge is 0.493 e. The highest BCUT2D eigenvalue weighted by atomic mass is 16.6. The van der Waals surface area contributed by atoms with Crippen molar-refractivity contribution in [2.24, 2.45) is 11.3 Å². The predicted molar refractivity (Wildman–Crippen MR) is 108 cm³/mol. The maximum absolute atomic E-state index is 12.5. The third-order valence-electron chi connectivity index (χ3n) is 6.85. The van der Waals surface area contributed by atoms with Crippen molar-refractivity contribution in [1.29, 1.82) is 0 Å². The molecule has 0 N–H and O–H groups in total. The summed E-state index contributed by atoms with van der Waals surface area (Å²) in [5, 5.41) is 0. The zero-order valence-electron chi connectivity index (χ0n) is 18.0. The van der Waals surface area contributed by atoms with Crippen molar-refractivity contribution in [3.63, 3.8) is 0 Å². The van der Waals surface area contributed by atoms with Gasteiger partial charge in [0.25, 0.3) is 0 Å². The molecule has 5 heteroatoms. The first-order chi connectivity index (χ1) is 13.2. The first-order valence-corrected chi connectivity index (χ1v) is 10.4. The molecule has 1 aromatic rings. The summed E-state index contributed by atoms with van der Waals surface area (Å²) in [6.07, 6.45) is 2.13. The number of benzene rings is 1. The summed E-state index contributed by atoms with van der Waals surface area (Å²) in [6.45, 7) is 10.4. The molecule has 4 rings (SSSR count). The smallest absolute Gasteiger partial charge is 0.306 e. The molecule has 1 aliphatic carbocycles. The molecule has 1 saturated carbocycles. The second kappa shape index (κ2) is 6.65. The lowest BCUT2D eigenvalue weighted by Gasteiger charge is -2.34. The first kappa shape index (κ1) is 19.6. The van der Waals surface area contributed by atoms with Gasteiger partial charge in [-0.1, -0.05) is 33.8 Å². The minimum Gasteiger partial charge on any atom is -0.493 e. The zero-order valence-corrected chi connectivity index (χ0v) is 18.0. The van der Waals surface area contributed by atoms with Crippen molar-refractivity contribution in [2.75, 3.05) is 20.7 Å². The summed E-state index contributed by atoms with van der Waals surface area (Å²) in [5.74, 6) is 1.83. The molecule has 0 saturated heterocycles. The van der Waals surface area contributed by atoms with E-state index in [-0.39, 0.29) is 34.9 Å². The van der Waals surface area contributed by atoms with Crippen LogP contribution in [0, 0.1) is 11.3 Å². The third-order valence-corrected chi connectivity index (χ3v) is 6.85. The molecule has 1 aromatic carbocycles. The van der Waals surface area contributed by atoms with Crippen molar-refractivity contribution in [2.45, 2.75) is 71.1 Å². The van der Waals surface area contributed by atoms with Crippen LogP contribution in [0.1, 0.15) is 58.1 Å². The lowest BCUT2D eigenvalue weighted by atomic mass is 9.69. The van der Waals surface area contributed by atoms with E-state index in [0.717, 1.165) is 37.4 Å². The molecule has 3 aliphatic rings. The number of methoxy groups -OCH3 is 1. The highest BCUT2D eigenvalue weighted by Crippen LogP contribution is 2.61. The molecule has 2 unspecified atom stereocenters. The minimum atomic E-state index is -0.114. The fraction of sp³-hybridized carbons (Fsp3) is 0.696. The number of carbonyl (C=O) groups excluding carboxylic acids is 1. The van der Waals surface area contributed by atoms with Crippen LogP contribution in [0.25, 0.3) is 0 Å². The molecule has 0 radical (unpaired) electrons. The van der Waals surface area contributed by atoms with E-state index in [1.54, 1.807) is 7.11 Å². The number of rotatable bonds is 3. The van der Waals surface area contributed by atoms with E-state index < -0.39 is 0 Å². The van der Waals surface area contributed by atoms with Gasteiger partial charge in [0.05, 0.1) is 13.5 Å². The van der Waals surface area contributed by atoms with Gasteiger partial charge in [-0.3, -0.25) is 4.79 Å². The van der Waals surface area contributed by atoms with Crippen molar-refractivity contribution >= 4 is 5.97 Å². The Labute approximate surface area is 168 Å². The van der Waals surface area contributed by atoms with Gasteiger partial charge in [0, 0.05) is 29.9 Å². The number of hydrogen-bond acceptors (Lipinski definition) is 5. The van der Waals surface area contributed by atoms with Crippen LogP contribution >= 0.6 is 0 Å². The Morgan fingerprint density at radius 2 is 2.11 bits per heavy atom. The molecular formula is C23H33NO4. The van der Waals surface area contributed by atoms with E-state index in [9.17, 15) is 4.79 Å². The Morgan fingerprint density at radius 1 is 1.36 bits per heavy atom. The summed E-state index contributed by atoms with van der Waals surface area (Å²) < 4.78 is 18.1. The number of carbonyl (C=O) groups is 1. The molecule has 0 amide bonds. The van der Waals surface area contributed by atoms with Gasteiger partial charge in [0.15, 0.2) is 11.5 Å². The quantitative estimate of drug-likeness (QED) is 0.736. The van der Waals surface area contributed by atoms with E-state index in [1.165, 1.54) is 11.1 Å². The van der Waals surface area contributed by atoms with Gasteiger partial charge in [0.1, 0.15) is 12.2 Å². The second-order valence-electron chi connectivity index (χ2n) is 10.1. The van der Waals surface area contributed by atoms with E-state index in [4.69, 9.17) is 14.2 Å². The SMILES string of the molecule is COc1ccc2c3c1OC1C[C@@H](OC(=O)CC(C)(C)C)C(C)[C@@]31CCN(C)C2. The molecule has 28 heavy (non-hydrogen) atoms. The monoisotopic (exact) mass is 387 g/mol. The maximum Gasteiger partial charge on any atom is 0.306 e. The zero-order chi connectivity index (χ0) is 20.3. The van der Waals surface area contributed by atoms with Crippen LogP contribution in [-0.4, -0.2) is 43.8 Å². The average Bonchev–Trinajstić information content (AvgIpc) is 2.97. The van der Waals surface area contributed by atoms with Gasteiger partial charge in [-0.2, -0.15) is 0 Å². The lowest BCUT2D eigenvalue weighted by molar-refractivity contribution is -0.153. The van der Waals surface area contributed by atoms with Crippen LogP contribution in [0.2, 0.25) is 0 Å². The second-order valence-corrected chi connectivity index (χ2v) is 10.1. The van der Waals surface area contributed by atoms with Gasteiger partial charge >= 0.3 is 5.97 Å². The molecule has 1 fully saturated rings. The van der Waals surface area contributed by atoms with Gasteiger partial charge in [-0.05, 0) is 37.1 Å². The number of ether oxygens (including phenoxy) is 3. The van der Waals surface area contributed by atoms with E-state index in [2.05, 4.69) is 45.7 Å². The Morgan fingerprint density at radius 3 is 2.79 bits per heavy atom. The number of nitrogens with zero attached hydrogens (tertiary/aromatic N) is 1. The van der Waals surface area contributed by atoms with Gasteiger partial charge in [-0.25, -0.2) is 0 Å². The molecule has 0 bridgehead atoms. The summed E-state index contributed by atoms with van der Waals surface area (Å²) in [4.78, 5) is 14.9. The molecule has 1 spiro atoms. The molecule has 4 atom stereocenters. The molecule has 2 aliphatic heterocycles. The average molecular weight is 388 g/mol. The van der Waals surface area contributed by atoms with Crippen molar-refractivity contribution in [1.82, 2.24) is 4.90 Å². The van der Waals surface area contributed by atoms with E-state index in [0.29, 0.717) is 6.42 Å². The normalized spacial score (nSPS) is 31.6.